The van der Waals surface area contributed by atoms with E-state index in [4.69, 9.17) is 0 Å². The Hall–Kier alpha value is -1.77. The number of amides is 1. The number of Topliss-reactive ketones (excluding diaryl/α,β-unsaturated/α-hetero) is 1. The summed E-state index contributed by atoms with van der Waals surface area (Å²) in [5.41, 5.74) is 1.14. The molecule has 1 aromatic carbocycles. The number of piperazine rings is 1. The number of likely N-dealkylation sites (N-methyl/N-ethyl adjacent to an activating group) is 1. The van der Waals surface area contributed by atoms with Gasteiger partial charge in [0.15, 0.2) is 0 Å². The summed E-state index contributed by atoms with van der Waals surface area (Å²) < 4.78 is 27.8. The monoisotopic (exact) mass is 391 g/mol. The topological polar surface area (TPSA) is 78.0 Å². The summed E-state index contributed by atoms with van der Waals surface area (Å²) in [5.74, 6) is -1.10. The molecular weight excluding hydrogens is 366 g/mol. The van der Waals surface area contributed by atoms with E-state index in [-0.39, 0.29) is 16.4 Å². The largest absolute Gasteiger partial charge is 0.304 e. The van der Waals surface area contributed by atoms with Gasteiger partial charge in [-0.05, 0) is 50.9 Å². The molecule has 1 atom stereocenters. The van der Waals surface area contributed by atoms with Crippen molar-refractivity contribution in [1.82, 2.24) is 9.21 Å². The van der Waals surface area contributed by atoms with Gasteiger partial charge in [-0.3, -0.25) is 14.5 Å². The minimum atomic E-state index is -3.70. The summed E-state index contributed by atoms with van der Waals surface area (Å²) in [6.07, 6.45) is 0.677. The van der Waals surface area contributed by atoms with Crippen LogP contribution in [0.4, 0.5) is 5.69 Å². The van der Waals surface area contributed by atoms with Gasteiger partial charge >= 0.3 is 0 Å². The molecule has 0 aliphatic carbocycles. The van der Waals surface area contributed by atoms with E-state index in [0.29, 0.717) is 38.3 Å². The lowest BCUT2D eigenvalue weighted by molar-refractivity contribution is -0.115. The Balaban J connectivity index is 1.85. The molecule has 0 radical (unpaired) electrons. The normalized spacial score (nSPS) is 25.8. The summed E-state index contributed by atoms with van der Waals surface area (Å²) in [6, 6.07) is 3.08. The first-order chi connectivity index (χ1) is 12.5. The zero-order chi connectivity index (χ0) is 19.7. The maximum Gasteiger partial charge on any atom is 0.299 e. The molecule has 7 nitrogen and oxygen atoms in total. The zero-order valence-electron chi connectivity index (χ0n) is 16.2. The summed E-state index contributed by atoms with van der Waals surface area (Å²) in [4.78, 5) is 29.0. The molecule has 0 saturated carbocycles. The third kappa shape index (κ3) is 2.65. The second-order valence-electron chi connectivity index (χ2n) is 8.50. The lowest BCUT2D eigenvalue weighted by Gasteiger charge is -2.43. The van der Waals surface area contributed by atoms with E-state index >= 15 is 0 Å². The number of hydrogen-bond acceptors (Lipinski definition) is 5. The summed E-state index contributed by atoms with van der Waals surface area (Å²) in [7, 11) is -1.74. The number of hydrogen-bond donors (Lipinski definition) is 0. The molecule has 3 aliphatic rings. The van der Waals surface area contributed by atoms with E-state index in [1.165, 1.54) is 10.4 Å². The molecule has 4 rings (SSSR count). The summed E-state index contributed by atoms with van der Waals surface area (Å²) >= 11 is 0. The molecule has 146 valence electrons. The average Bonchev–Trinajstić information content (AvgIpc) is 2.85. The van der Waals surface area contributed by atoms with E-state index < -0.39 is 27.3 Å². The van der Waals surface area contributed by atoms with Crippen molar-refractivity contribution in [3.63, 3.8) is 0 Å². The highest BCUT2D eigenvalue weighted by atomic mass is 32.2. The van der Waals surface area contributed by atoms with Crippen molar-refractivity contribution >= 4 is 27.4 Å². The third-order valence-electron chi connectivity index (χ3n) is 6.02. The number of ketones is 1. The maximum atomic E-state index is 13.2. The van der Waals surface area contributed by atoms with Crippen LogP contribution >= 0.6 is 0 Å². The Labute approximate surface area is 160 Å². The molecule has 3 aliphatic heterocycles. The van der Waals surface area contributed by atoms with Crippen molar-refractivity contribution in [2.45, 2.75) is 43.5 Å². The van der Waals surface area contributed by atoms with Crippen LogP contribution in [0.1, 0.15) is 49.0 Å². The quantitative estimate of drug-likeness (QED) is 0.713. The van der Waals surface area contributed by atoms with Crippen molar-refractivity contribution in [3.8, 4) is 0 Å². The molecule has 1 aromatic rings. The molecule has 3 heterocycles. The van der Waals surface area contributed by atoms with Crippen LogP contribution in [0.3, 0.4) is 0 Å². The van der Waals surface area contributed by atoms with E-state index in [1.54, 1.807) is 11.0 Å². The number of sulfonamides is 1. The van der Waals surface area contributed by atoms with E-state index in [1.807, 2.05) is 27.8 Å². The van der Waals surface area contributed by atoms with Gasteiger partial charge in [-0.2, -0.15) is 4.31 Å². The van der Waals surface area contributed by atoms with E-state index in [0.717, 1.165) is 5.56 Å². The van der Waals surface area contributed by atoms with Crippen LogP contribution in [-0.4, -0.2) is 68.1 Å². The van der Waals surface area contributed by atoms with Crippen LogP contribution in [0.2, 0.25) is 0 Å². The first-order valence-electron chi connectivity index (χ1n) is 9.29. The van der Waals surface area contributed by atoms with Crippen LogP contribution in [0, 0.1) is 0 Å². The van der Waals surface area contributed by atoms with Crippen molar-refractivity contribution in [2.24, 2.45) is 0 Å². The van der Waals surface area contributed by atoms with Gasteiger partial charge in [0.2, 0.25) is 10.0 Å². The van der Waals surface area contributed by atoms with E-state index in [2.05, 4.69) is 4.90 Å². The van der Waals surface area contributed by atoms with Crippen molar-refractivity contribution < 1.29 is 18.0 Å². The Morgan fingerprint density at radius 1 is 1.07 bits per heavy atom. The highest BCUT2D eigenvalue weighted by Gasteiger charge is 2.49. The molecule has 8 heteroatoms. The highest BCUT2D eigenvalue weighted by molar-refractivity contribution is 7.89. The number of carbonyl (C=O) groups is 2. The number of carbonyl (C=O) groups excluding carboxylic acids is 2. The maximum absolute atomic E-state index is 13.2. The first kappa shape index (κ1) is 18.6. The van der Waals surface area contributed by atoms with Gasteiger partial charge in [-0.1, -0.05) is 6.92 Å². The van der Waals surface area contributed by atoms with Crippen molar-refractivity contribution in [1.29, 1.82) is 0 Å². The first-order valence-corrected chi connectivity index (χ1v) is 10.7. The van der Waals surface area contributed by atoms with Gasteiger partial charge in [0.1, 0.15) is 0 Å². The summed E-state index contributed by atoms with van der Waals surface area (Å²) in [6.45, 7) is 8.11. The molecule has 1 fully saturated rings. The Morgan fingerprint density at radius 2 is 1.70 bits per heavy atom. The van der Waals surface area contributed by atoms with Gasteiger partial charge in [0.05, 0.1) is 16.1 Å². The van der Waals surface area contributed by atoms with Gasteiger partial charge < -0.3 is 4.90 Å². The molecule has 0 spiro atoms. The average molecular weight is 391 g/mol. The number of benzene rings is 1. The standard InChI is InChI=1S/C19H25N3O4S/c1-12-11-19(2,3)22-16-14(12)9-13(10-15(16)17(23)18(22)24)27(25,26)21-7-5-20(4)6-8-21/h9-10,12H,5-8,11H2,1-4H3. The highest BCUT2D eigenvalue weighted by Crippen LogP contribution is 2.49. The molecule has 0 aromatic heterocycles. The van der Waals surface area contributed by atoms with Gasteiger partial charge in [0, 0.05) is 31.7 Å². The minimum Gasteiger partial charge on any atom is -0.304 e. The second kappa shape index (κ2) is 5.86. The SMILES string of the molecule is CC1CC(C)(C)N2C(=O)C(=O)c3cc(S(=O)(=O)N4CCN(C)CC4)cc1c32. The molecule has 1 unspecified atom stereocenters. The Morgan fingerprint density at radius 3 is 2.33 bits per heavy atom. The van der Waals surface area contributed by atoms with Gasteiger partial charge in [-0.25, -0.2) is 8.42 Å². The third-order valence-corrected chi connectivity index (χ3v) is 7.90. The van der Waals surface area contributed by atoms with Crippen LogP contribution in [0.25, 0.3) is 0 Å². The molecule has 0 bridgehead atoms. The molecule has 1 amide bonds. The second-order valence-corrected chi connectivity index (χ2v) is 10.4. The van der Waals surface area contributed by atoms with Crippen molar-refractivity contribution in [2.75, 3.05) is 38.1 Å². The number of nitrogens with zero attached hydrogens (tertiary/aromatic N) is 3. The Kier molecular flexibility index (Phi) is 4.04. The lowest BCUT2D eigenvalue weighted by Crippen LogP contribution is -2.50. The lowest BCUT2D eigenvalue weighted by atomic mass is 9.80. The van der Waals surface area contributed by atoms with Gasteiger partial charge in [0.25, 0.3) is 11.7 Å². The predicted octanol–water partition coefficient (Wildman–Crippen LogP) is 1.44. The molecule has 0 N–H and O–H groups in total. The fourth-order valence-electron chi connectivity index (χ4n) is 4.60. The fourth-order valence-corrected chi connectivity index (χ4v) is 6.09. The number of rotatable bonds is 2. The van der Waals surface area contributed by atoms with E-state index in [9.17, 15) is 18.0 Å². The Bertz CT molecular complexity index is 946. The van der Waals surface area contributed by atoms with Gasteiger partial charge in [-0.15, -0.1) is 0 Å². The smallest absolute Gasteiger partial charge is 0.299 e. The predicted molar refractivity (Wildman–Crippen MR) is 102 cm³/mol. The van der Waals surface area contributed by atoms with Crippen LogP contribution in [-0.2, 0) is 14.8 Å². The van der Waals surface area contributed by atoms with Crippen molar-refractivity contribution in [3.05, 3.63) is 23.3 Å². The number of anilines is 1. The zero-order valence-corrected chi connectivity index (χ0v) is 17.0. The van der Waals surface area contributed by atoms with Crippen LogP contribution < -0.4 is 4.90 Å². The fraction of sp³-hybridized carbons (Fsp3) is 0.579. The summed E-state index contributed by atoms with van der Waals surface area (Å²) in [5, 5.41) is 0. The molecule has 1 saturated heterocycles. The van der Waals surface area contributed by atoms with Crippen LogP contribution in [0.15, 0.2) is 17.0 Å². The molecular formula is C19H25N3O4S. The van der Waals surface area contributed by atoms with Crippen LogP contribution in [0.5, 0.6) is 0 Å². The minimum absolute atomic E-state index is 0.0614. The molecule has 27 heavy (non-hydrogen) atoms.